The SMILES string of the molecule is C[C@@H](NC1Cc2ccc(Cl)cc2C1)C1CCCC1. The molecule has 98 valence electrons. The molecule has 1 fully saturated rings. The van der Waals surface area contributed by atoms with Gasteiger partial charge < -0.3 is 5.32 Å². The lowest BCUT2D eigenvalue weighted by Crippen LogP contribution is -2.40. The lowest BCUT2D eigenvalue weighted by molar-refractivity contribution is 0.344. The predicted octanol–water partition coefficient (Wildman–Crippen LogP) is 3.98. The van der Waals surface area contributed by atoms with Crippen molar-refractivity contribution in [3.05, 3.63) is 34.3 Å². The number of fused-ring (bicyclic) bond motifs is 1. The summed E-state index contributed by atoms with van der Waals surface area (Å²) in [6.07, 6.45) is 8.00. The summed E-state index contributed by atoms with van der Waals surface area (Å²) in [6.45, 7) is 2.37. The van der Waals surface area contributed by atoms with Gasteiger partial charge in [0, 0.05) is 17.1 Å². The summed E-state index contributed by atoms with van der Waals surface area (Å²) >= 11 is 6.06. The third-order valence-corrected chi connectivity index (χ3v) is 4.94. The Hall–Kier alpha value is -0.530. The van der Waals surface area contributed by atoms with Crippen LogP contribution in [-0.4, -0.2) is 12.1 Å². The standard InChI is InChI=1S/C16H22ClN/c1-11(12-4-2-3-5-12)18-16-9-13-6-7-15(17)8-14(13)10-16/h6-8,11-12,16,18H,2-5,9-10H2,1H3/t11-,16?/m1/s1. The van der Waals surface area contributed by atoms with Gasteiger partial charge in [0.1, 0.15) is 0 Å². The molecule has 1 N–H and O–H groups in total. The Labute approximate surface area is 115 Å². The first-order chi connectivity index (χ1) is 8.72. The Morgan fingerprint density at radius 3 is 2.67 bits per heavy atom. The Kier molecular flexibility index (Phi) is 3.63. The second kappa shape index (κ2) is 5.22. The molecule has 1 saturated carbocycles. The summed E-state index contributed by atoms with van der Waals surface area (Å²) in [7, 11) is 0. The summed E-state index contributed by atoms with van der Waals surface area (Å²) in [6, 6.07) is 7.64. The fourth-order valence-corrected chi connectivity index (χ4v) is 3.86. The highest BCUT2D eigenvalue weighted by molar-refractivity contribution is 6.30. The van der Waals surface area contributed by atoms with Gasteiger partial charge in [0.2, 0.25) is 0 Å². The third-order valence-electron chi connectivity index (χ3n) is 4.71. The fraction of sp³-hybridized carbons (Fsp3) is 0.625. The summed E-state index contributed by atoms with van der Waals surface area (Å²) in [5, 5.41) is 4.72. The zero-order valence-corrected chi connectivity index (χ0v) is 11.8. The first kappa shape index (κ1) is 12.5. The number of rotatable bonds is 3. The quantitative estimate of drug-likeness (QED) is 0.870. The van der Waals surface area contributed by atoms with E-state index in [2.05, 4.69) is 24.4 Å². The summed E-state index contributed by atoms with van der Waals surface area (Å²) in [5.74, 6) is 0.900. The zero-order valence-electron chi connectivity index (χ0n) is 11.1. The number of hydrogen-bond donors (Lipinski definition) is 1. The minimum atomic E-state index is 0.620. The molecule has 3 rings (SSSR count). The molecular formula is C16H22ClN. The van der Waals surface area contributed by atoms with Crippen molar-refractivity contribution in [1.82, 2.24) is 5.32 Å². The number of halogens is 1. The molecule has 0 radical (unpaired) electrons. The first-order valence-electron chi connectivity index (χ1n) is 7.26. The van der Waals surface area contributed by atoms with Gasteiger partial charge >= 0.3 is 0 Å². The van der Waals surface area contributed by atoms with Crippen LogP contribution in [0.1, 0.15) is 43.7 Å². The second-order valence-corrected chi connectivity index (χ2v) is 6.45. The van der Waals surface area contributed by atoms with Gasteiger partial charge in [-0.2, -0.15) is 0 Å². The molecule has 0 aromatic heterocycles. The van der Waals surface area contributed by atoms with Gasteiger partial charge in [0.15, 0.2) is 0 Å². The molecule has 2 heteroatoms. The Bertz CT molecular complexity index is 423. The molecule has 2 aliphatic rings. The monoisotopic (exact) mass is 263 g/mol. The van der Waals surface area contributed by atoms with Crippen LogP contribution < -0.4 is 5.32 Å². The van der Waals surface area contributed by atoms with Crippen LogP contribution in [-0.2, 0) is 12.8 Å². The average Bonchev–Trinajstić information content (AvgIpc) is 2.95. The van der Waals surface area contributed by atoms with Crippen molar-refractivity contribution in [3.63, 3.8) is 0 Å². The lowest BCUT2D eigenvalue weighted by atomic mass is 9.98. The fourth-order valence-electron chi connectivity index (χ4n) is 3.67. The lowest BCUT2D eigenvalue weighted by Gasteiger charge is -2.24. The van der Waals surface area contributed by atoms with Crippen molar-refractivity contribution in [2.45, 2.75) is 57.5 Å². The van der Waals surface area contributed by atoms with Gasteiger partial charge in [-0.1, -0.05) is 30.5 Å². The molecule has 0 heterocycles. The summed E-state index contributed by atoms with van der Waals surface area (Å²) in [4.78, 5) is 0. The van der Waals surface area contributed by atoms with Crippen LogP contribution in [0, 0.1) is 5.92 Å². The van der Waals surface area contributed by atoms with E-state index < -0.39 is 0 Å². The second-order valence-electron chi connectivity index (χ2n) is 6.02. The maximum absolute atomic E-state index is 6.06. The highest BCUT2D eigenvalue weighted by Gasteiger charge is 2.27. The summed E-state index contributed by atoms with van der Waals surface area (Å²) in [5.41, 5.74) is 2.93. The van der Waals surface area contributed by atoms with Gasteiger partial charge in [0.25, 0.3) is 0 Å². The van der Waals surface area contributed by atoms with Gasteiger partial charge in [-0.25, -0.2) is 0 Å². The number of benzene rings is 1. The highest BCUT2D eigenvalue weighted by atomic mass is 35.5. The van der Waals surface area contributed by atoms with Crippen molar-refractivity contribution < 1.29 is 0 Å². The smallest absolute Gasteiger partial charge is 0.0408 e. The van der Waals surface area contributed by atoms with Crippen molar-refractivity contribution in [1.29, 1.82) is 0 Å². The van der Waals surface area contributed by atoms with E-state index in [0.717, 1.165) is 17.4 Å². The Balaban J connectivity index is 1.60. The normalized spacial score (nSPS) is 25.3. The van der Waals surface area contributed by atoms with Crippen LogP contribution >= 0.6 is 11.6 Å². The van der Waals surface area contributed by atoms with E-state index in [1.165, 1.54) is 43.2 Å². The molecule has 1 aromatic rings. The minimum Gasteiger partial charge on any atom is -0.311 e. The molecule has 2 aliphatic carbocycles. The maximum Gasteiger partial charge on any atom is 0.0408 e. The highest BCUT2D eigenvalue weighted by Crippen LogP contribution is 2.30. The molecule has 1 unspecified atom stereocenters. The minimum absolute atomic E-state index is 0.620. The van der Waals surface area contributed by atoms with Crippen LogP contribution in [0.2, 0.25) is 5.02 Å². The molecule has 0 aliphatic heterocycles. The zero-order chi connectivity index (χ0) is 12.5. The molecule has 18 heavy (non-hydrogen) atoms. The van der Waals surface area contributed by atoms with E-state index in [4.69, 9.17) is 11.6 Å². The molecular weight excluding hydrogens is 242 g/mol. The third kappa shape index (κ3) is 2.57. The van der Waals surface area contributed by atoms with E-state index in [1.807, 2.05) is 6.07 Å². The Morgan fingerprint density at radius 2 is 1.89 bits per heavy atom. The largest absolute Gasteiger partial charge is 0.311 e. The van der Waals surface area contributed by atoms with E-state index >= 15 is 0 Å². The van der Waals surface area contributed by atoms with Crippen LogP contribution in [0.3, 0.4) is 0 Å². The molecule has 2 atom stereocenters. The van der Waals surface area contributed by atoms with Gasteiger partial charge in [-0.15, -0.1) is 0 Å². The van der Waals surface area contributed by atoms with Crippen molar-refractivity contribution >= 4 is 11.6 Å². The van der Waals surface area contributed by atoms with Crippen molar-refractivity contribution in [2.75, 3.05) is 0 Å². The molecule has 1 nitrogen and oxygen atoms in total. The van der Waals surface area contributed by atoms with Gasteiger partial charge in [0.05, 0.1) is 0 Å². The van der Waals surface area contributed by atoms with E-state index in [9.17, 15) is 0 Å². The van der Waals surface area contributed by atoms with E-state index in [-0.39, 0.29) is 0 Å². The van der Waals surface area contributed by atoms with E-state index in [1.54, 1.807) is 0 Å². The Morgan fingerprint density at radius 1 is 1.17 bits per heavy atom. The molecule has 0 spiro atoms. The molecule has 1 aromatic carbocycles. The van der Waals surface area contributed by atoms with Crippen LogP contribution in [0.15, 0.2) is 18.2 Å². The predicted molar refractivity (Wildman–Crippen MR) is 77.2 cm³/mol. The molecule has 0 saturated heterocycles. The number of nitrogens with one attached hydrogen (secondary N) is 1. The number of hydrogen-bond acceptors (Lipinski definition) is 1. The average molecular weight is 264 g/mol. The maximum atomic E-state index is 6.06. The van der Waals surface area contributed by atoms with Crippen molar-refractivity contribution in [2.24, 2.45) is 5.92 Å². The summed E-state index contributed by atoms with van der Waals surface area (Å²) < 4.78 is 0. The van der Waals surface area contributed by atoms with Crippen LogP contribution in [0.25, 0.3) is 0 Å². The topological polar surface area (TPSA) is 12.0 Å². The van der Waals surface area contributed by atoms with Gasteiger partial charge in [-0.3, -0.25) is 0 Å². The van der Waals surface area contributed by atoms with Crippen LogP contribution in [0.4, 0.5) is 0 Å². The molecule has 0 amide bonds. The molecule has 0 bridgehead atoms. The van der Waals surface area contributed by atoms with Crippen LogP contribution in [0.5, 0.6) is 0 Å². The first-order valence-corrected chi connectivity index (χ1v) is 7.63. The van der Waals surface area contributed by atoms with Gasteiger partial charge in [-0.05, 0) is 61.8 Å². The van der Waals surface area contributed by atoms with Crippen molar-refractivity contribution in [3.8, 4) is 0 Å². The van der Waals surface area contributed by atoms with E-state index in [0.29, 0.717) is 12.1 Å².